The van der Waals surface area contributed by atoms with E-state index in [4.69, 9.17) is 11.6 Å². The van der Waals surface area contributed by atoms with Crippen LogP contribution < -0.4 is 5.32 Å². The Kier molecular flexibility index (Phi) is 4.05. The fraction of sp³-hybridized carbons (Fsp3) is 0.692. The van der Waals surface area contributed by atoms with E-state index in [2.05, 4.69) is 22.2 Å². The Morgan fingerprint density at radius 1 is 1.56 bits per heavy atom. The molecule has 3 nitrogen and oxygen atoms in total. The van der Waals surface area contributed by atoms with Crippen LogP contribution in [0.1, 0.15) is 38.3 Å². The van der Waals surface area contributed by atoms with Crippen molar-refractivity contribution in [2.24, 2.45) is 5.92 Å². The van der Waals surface area contributed by atoms with Gasteiger partial charge >= 0.3 is 0 Å². The lowest BCUT2D eigenvalue weighted by molar-refractivity contribution is 0.278. The van der Waals surface area contributed by atoms with E-state index in [0.29, 0.717) is 17.5 Å². The highest BCUT2D eigenvalue weighted by molar-refractivity contribution is 6.18. The molecule has 1 aliphatic rings. The van der Waals surface area contributed by atoms with E-state index in [-0.39, 0.29) is 17.2 Å². The van der Waals surface area contributed by atoms with Crippen LogP contribution in [0.25, 0.3) is 0 Å². The van der Waals surface area contributed by atoms with Crippen LogP contribution in [-0.2, 0) is 0 Å². The first-order valence-electron chi connectivity index (χ1n) is 6.37. The molecule has 0 saturated heterocycles. The van der Waals surface area contributed by atoms with E-state index >= 15 is 0 Å². The molecule has 1 fully saturated rings. The molecule has 0 aliphatic heterocycles. The number of hydrogen-bond donors (Lipinski definition) is 1. The molecule has 1 aliphatic carbocycles. The Morgan fingerprint density at radius 3 is 3.00 bits per heavy atom. The highest BCUT2D eigenvalue weighted by Gasteiger charge is 2.35. The first kappa shape index (κ1) is 13.5. The van der Waals surface area contributed by atoms with Crippen LogP contribution in [0.15, 0.2) is 6.33 Å². The summed E-state index contributed by atoms with van der Waals surface area (Å²) in [6.45, 7) is 3.85. The van der Waals surface area contributed by atoms with Crippen LogP contribution in [0.2, 0.25) is 0 Å². The summed E-state index contributed by atoms with van der Waals surface area (Å²) in [5, 5.41) is 3.23. The van der Waals surface area contributed by atoms with Gasteiger partial charge in [-0.1, -0.05) is 19.8 Å². The van der Waals surface area contributed by atoms with Gasteiger partial charge in [0, 0.05) is 5.88 Å². The third-order valence-electron chi connectivity index (χ3n) is 3.69. The van der Waals surface area contributed by atoms with Gasteiger partial charge in [0.25, 0.3) is 0 Å². The Morgan fingerprint density at radius 2 is 2.33 bits per heavy atom. The minimum Gasteiger partial charge on any atom is -0.361 e. The number of nitrogens with zero attached hydrogens (tertiary/aromatic N) is 2. The molecule has 0 radical (unpaired) electrons. The molecule has 1 aromatic heterocycles. The minimum absolute atomic E-state index is 0.235. The molecule has 1 N–H and O–H groups in total. The quantitative estimate of drug-likeness (QED) is 0.855. The normalized spacial score (nSPS) is 28.1. The molecule has 2 atom stereocenters. The molecule has 1 saturated carbocycles. The average Bonchev–Trinajstić information content (AvgIpc) is 2.35. The molecule has 1 aromatic rings. The molecule has 0 bridgehead atoms. The number of rotatable bonds is 3. The predicted molar refractivity (Wildman–Crippen MR) is 71.4 cm³/mol. The summed E-state index contributed by atoms with van der Waals surface area (Å²) in [4.78, 5) is 7.83. The molecule has 0 spiro atoms. The Balaban J connectivity index is 2.22. The highest BCUT2D eigenvalue weighted by Crippen LogP contribution is 2.36. The van der Waals surface area contributed by atoms with E-state index in [1.807, 2.05) is 0 Å². The van der Waals surface area contributed by atoms with E-state index in [0.717, 1.165) is 19.3 Å². The fourth-order valence-electron chi connectivity index (χ4n) is 2.72. The Hall–Kier alpha value is -0.900. The first-order valence-corrected chi connectivity index (χ1v) is 6.91. The lowest BCUT2D eigenvalue weighted by Crippen LogP contribution is -2.44. The minimum atomic E-state index is -0.375. The van der Waals surface area contributed by atoms with Crippen LogP contribution in [0.3, 0.4) is 0 Å². The molecule has 18 heavy (non-hydrogen) atoms. The van der Waals surface area contributed by atoms with E-state index in [1.54, 1.807) is 6.92 Å². The van der Waals surface area contributed by atoms with Gasteiger partial charge in [0.05, 0.1) is 11.2 Å². The van der Waals surface area contributed by atoms with E-state index < -0.39 is 0 Å². The number of hydrogen-bond acceptors (Lipinski definition) is 3. The molecule has 2 unspecified atom stereocenters. The van der Waals surface area contributed by atoms with Crippen LogP contribution >= 0.6 is 11.6 Å². The molecular weight excluding hydrogens is 253 g/mol. The summed E-state index contributed by atoms with van der Waals surface area (Å²) in [5.74, 6) is 0.980. The van der Waals surface area contributed by atoms with Gasteiger partial charge in [0.1, 0.15) is 6.33 Å². The molecular formula is C13H19ClFN3. The van der Waals surface area contributed by atoms with Crippen molar-refractivity contribution in [1.29, 1.82) is 0 Å². The zero-order valence-corrected chi connectivity index (χ0v) is 11.6. The summed E-state index contributed by atoms with van der Waals surface area (Å²) in [7, 11) is 0. The van der Waals surface area contributed by atoms with E-state index in [9.17, 15) is 4.39 Å². The number of aryl methyl sites for hydroxylation is 1. The number of aromatic nitrogens is 2. The van der Waals surface area contributed by atoms with Crippen LogP contribution in [0.4, 0.5) is 10.2 Å². The lowest BCUT2D eigenvalue weighted by atomic mass is 9.77. The third kappa shape index (κ3) is 2.74. The number of alkyl halides is 1. The second kappa shape index (κ2) is 5.39. The van der Waals surface area contributed by atoms with Crippen molar-refractivity contribution in [3.05, 3.63) is 17.8 Å². The zero-order chi connectivity index (χ0) is 13.2. The maximum absolute atomic E-state index is 13.9. The predicted octanol–water partition coefficient (Wildman–Crippen LogP) is 3.52. The maximum Gasteiger partial charge on any atom is 0.186 e. The van der Waals surface area contributed by atoms with Gasteiger partial charge in [0.2, 0.25) is 0 Å². The molecule has 1 heterocycles. The maximum atomic E-state index is 13.9. The van der Waals surface area contributed by atoms with Crippen molar-refractivity contribution >= 4 is 17.4 Å². The molecule has 0 amide bonds. The lowest BCUT2D eigenvalue weighted by Gasteiger charge is -2.39. The monoisotopic (exact) mass is 271 g/mol. The number of nitrogens with one attached hydrogen (secondary N) is 1. The van der Waals surface area contributed by atoms with Gasteiger partial charge in [-0.05, 0) is 25.7 Å². The van der Waals surface area contributed by atoms with Crippen molar-refractivity contribution in [3.8, 4) is 0 Å². The van der Waals surface area contributed by atoms with E-state index in [1.165, 1.54) is 12.7 Å². The average molecular weight is 272 g/mol. The smallest absolute Gasteiger partial charge is 0.186 e. The van der Waals surface area contributed by atoms with Gasteiger partial charge in [0.15, 0.2) is 11.6 Å². The number of halogens is 2. The van der Waals surface area contributed by atoms with Gasteiger partial charge in [-0.15, -0.1) is 11.6 Å². The SMILES string of the molecule is Cc1ncnc(NC2(CCl)CCCC(C)C2)c1F. The van der Waals surface area contributed by atoms with Crippen molar-refractivity contribution in [2.75, 3.05) is 11.2 Å². The topological polar surface area (TPSA) is 37.8 Å². The van der Waals surface area contributed by atoms with Gasteiger partial charge < -0.3 is 5.32 Å². The van der Waals surface area contributed by atoms with Gasteiger partial charge in [-0.25, -0.2) is 14.4 Å². The fourth-order valence-corrected chi connectivity index (χ4v) is 3.03. The second-order valence-corrected chi connectivity index (χ2v) is 5.63. The van der Waals surface area contributed by atoms with Gasteiger partial charge in [-0.2, -0.15) is 0 Å². The Bertz CT molecular complexity index is 427. The van der Waals surface area contributed by atoms with Crippen LogP contribution in [0, 0.1) is 18.7 Å². The summed E-state index contributed by atoms with van der Waals surface area (Å²) >= 11 is 6.12. The second-order valence-electron chi connectivity index (χ2n) is 5.36. The van der Waals surface area contributed by atoms with Crippen molar-refractivity contribution < 1.29 is 4.39 Å². The largest absolute Gasteiger partial charge is 0.361 e. The zero-order valence-electron chi connectivity index (χ0n) is 10.8. The third-order valence-corrected chi connectivity index (χ3v) is 4.21. The summed E-state index contributed by atoms with van der Waals surface area (Å²) < 4.78 is 13.9. The van der Waals surface area contributed by atoms with Crippen LogP contribution in [-0.4, -0.2) is 21.4 Å². The van der Waals surface area contributed by atoms with Gasteiger partial charge in [-0.3, -0.25) is 0 Å². The van der Waals surface area contributed by atoms with Crippen molar-refractivity contribution in [3.63, 3.8) is 0 Å². The Labute approximate surface area is 112 Å². The summed E-state index contributed by atoms with van der Waals surface area (Å²) in [6.07, 6.45) is 5.63. The highest BCUT2D eigenvalue weighted by atomic mass is 35.5. The summed E-state index contributed by atoms with van der Waals surface area (Å²) in [6, 6.07) is 0. The summed E-state index contributed by atoms with van der Waals surface area (Å²) in [5.41, 5.74) is 0.127. The molecule has 2 rings (SSSR count). The molecule has 0 aromatic carbocycles. The van der Waals surface area contributed by atoms with Crippen molar-refractivity contribution in [2.45, 2.75) is 45.1 Å². The standard InChI is InChI=1S/C13H19ClFN3/c1-9-4-3-5-13(6-9,7-14)18-12-11(15)10(2)16-8-17-12/h8-9H,3-7H2,1-2H3,(H,16,17,18). The first-order chi connectivity index (χ1) is 8.56. The molecule has 100 valence electrons. The number of anilines is 1. The van der Waals surface area contributed by atoms with Crippen molar-refractivity contribution in [1.82, 2.24) is 9.97 Å². The van der Waals surface area contributed by atoms with Crippen LogP contribution in [0.5, 0.6) is 0 Å². The molecule has 5 heteroatoms.